The molecule has 0 spiro atoms. The summed E-state index contributed by atoms with van der Waals surface area (Å²) in [5.74, 6) is 0. The highest BCUT2D eigenvalue weighted by Crippen LogP contribution is 2.42. The Balaban J connectivity index is 2.27. The van der Waals surface area contributed by atoms with Crippen LogP contribution in [0, 0.1) is 0 Å². The second-order valence-corrected chi connectivity index (χ2v) is 3.74. The van der Waals surface area contributed by atoms with Gasteiger partial charge in [0.1, 0.15) is 0 Å². The number of hydrogen-bond acceptors (Lipinski definition) is 2. The molecule has 0 amide bonds. The Bertz CT molecular complexity index is 268. The second-order valence-electron chi connectivity index (χ2n) is 3.74. The third kappa shape index (κ3) is 0.966. The normalized spacial score (nSPS) is 20.5. The van der Waals surface area contributed by atoms with Crippen LogP contribution in [0.1, 0.15) is 24.8 Å². The second kappa shape index (κ2) is 2.59. The Morgan fingerprint density at radius 2 is 2.42 bits per heavy atom. The number of aryl methyl sites for hydroxylation is 1. The first-order valence-corrected chi connectivity index (χ1v) is 4.46. The Labute approximate surface area is 72.6 Å². The molecule has 0 aromatic carbocycles. The lowest BCUT2D eigenvalue weighted by Crippen LogP contribution is -2.41. The van der Waals surface area contributed by atoms with Crippen molar-refractivity contribution in [1.29, 1.82) is 0 Å². The van der Waals surface area contributed by atoms with Crippen LogP contribution in [0.4, 0.5) is 0 Å². The topological polar surface area (TPSA) is 43.8 Å². The molecule has 1 saturated carbocycles. The number of nitrogens with zero attached hydrogens (tertiary/aromatic N) is 2. The van der Waals surface area contributed by atoms with E-state index in [0.29, 0.717) is 0 Å². The molecular formula is C9H15N3. The third-order valence-electron chi connectivity index (χ3n) is 3.02. The van der Waals surface area contributed by atoms with Crippen LogP contribution >= 0.6 is 0 Å². The Morgan fingerprint density at radius 1 is 1.67 bits per heavy atom. The fourth-order valence-corrected chi connectivity index (χ4v) is 1.91. The molecule has 0 radical (unpaired) electrons. The van der Waals surface area contributed by atoms with E-state index in [0.717, 1.165) is 6.54 Å². The van der Waals surface area contributed by atoms with Gasteiger partial charge < -0.3 is 5.73 Å². The number of aromatic nitrogens is 2. The summed E-state index contributed by atoms with van der Waals surface area (Å²) in [6.07, 6.45) is 7.81. The summed E-state index contributed by atoms with van der Waals surface area (Å²) in [7, 11) is 1.95. The van der Waals surface area contributed by atoms with Gasteiger partial charge in [0, 0.05) is 25.2 Å². The van der Waals surface area contributed by atoms with Crippen LogP contribution in [-0.2, 0) is 12.5 Å². The average molecular weight is 165 g/mol. The Hall–Kier alpha value is -0.830. The van der Waals surface area contributed by atoms with Crippen LogP contribution in [0.25, 0.3) is 0 Å². The maximum atomic E-state index is 5.77. The minimum atomic E-state index is 0.272. The summed E-state index contributed by atoms with van der Waals surface area (Å²) >= 11 is 0. The van der Waals surface area contributed by atoms with E-state index in [2.05, 4.69) is 11.3 Å². The zero-order valence-electron chi connectivity index (χ0n) is 7.45. The van der Waals surface area contributed by atoms with Crippen molar-refractivity contribution in [2.75, 3.05) is 6.54 Å². The highest BCUT2D eigenvalue weighted by atomic mass is 15.2. The lowest BCUT2D eigenvalue weighted by molar-refractivity contribution is 0.253. The number of rotatable bonds is 2. The van der Waals surface area contributed by atoms with Crippen molar-refractivity contribution in [2.24, 2.45) is 12.8 Å². The van der Waals surface area contributed by atoms with Crippen LogP contribution in [-0.4, -0.2) is 16.3 Å². The van der Waals surface area contributed by atoms with Crippen molar-refractivity contribution in [3.8, 4) is 0 Å². The summed E-state index contributed by atoms with van der Waals surface area (Å²) in [5, 5.41) is 4.17. The number of nitrogens with two attached hydrogens (primary N) is 1. The van der Waals surface area contributed by atoms with Gasteiger partial charge in [0.15, 0.2) is 0 Å². The van der Waals surface area contributed by atoms with Crippen LogP contribution in [0.15, 0.2) is 12.4 Å². The van der Waals surface area contributed by atoms with E-state index in [-0.39, 0.29) is 5.41 Å². The molecule has 3 nitrogen and oxygen atoms in total. The molecule has 1 aliphatic rings. The first kappa shape index (κ1) is 7.80. The van der Waals surface area contributed by atoms with Gasteiger partial charge in [0.25, 0.3) is 0 Å². The summed E-state index contributed by atoms with van der Waals surface area (Å²) < 4.78 is 1.85. The average Bonchev–Trinajstić information content (AvgIpc) is 2.35. The van der Waals surface area contributed by atoms with Gasteiger partial charge in [-0.15, -0.1) is 0 Å². The van der Waals surface area contributed by atoms with E-state index < -0.39 is 0 Å². The predicted molar refractivity (Wildman–Crippen MR) is 47.8 cm³/mol. The smallest absolute Gasteiger partial charge is 0.0527 e. The van der Waals surface area contributed by atoms with Crippen LogP contribution < -0.4 is 5.73 Å². The van der Waals surface area contributed by atoms with E-state index in [9.17, 15) is 0 Å². The molecule has 1 aromatic rings. The summed E-state index contributed by atoms with van der Waals surface area (Å²) in [4.78, 5) is 0. The van der Waals surface area contributed by atoms with E-state index in [1.54, 1.807) is 0 Å². The van der Waals surface area contributed by atoms with Gasteiger partial charge in [0.2, 0.25) is 0 Å². The van der Waals surface area contributed by atoms with E-state index in [1.165, 1.54) is 24.8 Å². The molecule has 0 bridgehead atoms. The molecule has 0 saturated heterocycles. The zero-order valence-corrected chi connectivity index (χ0v) is 7.45. The molecule has 0 unspecified atom stereocenters. The summed E-state index contributed by atoms with van der Waals surface area (Å²) in [5.41, 5.74) is 7.36. The minimum Gasteiger partial charge on any atom is -0.330 e. The molecule has 2 N–H and O–H groups in total. The largest absolute Gasteiger partial charge is 0.330 e. The Kier molecular flexibility index (Phi) is 1.68. The zero-order chi connectivity index (χ0) is 8.60. The van der Waals surface area contributed by atoms with Crippen LogP contribution in [0.3, 0.4) is 0 Å². The van der Waals surface area contributed by atoms with Gasteiger partial charge in [-0.25, -0.2) is 0 Å². The number of hydrogen-bond donors (Lipinski definition) is 1. The van der Waals surface area contributed by atoms with Crippen molar-refractivity contribution < 1.29 is 0 Å². The first-order chi connectivity index (χ1) is 5.77. The van der Waals surface area contributed by atoms with E-state index in [1.807, 2.05) is 17.9 Å². The van der Waals surface area contributed by atoms with Crippen LogP contribution in [0.2, 0.25) is 0 Å². The van der Waals surface area contributed by atoms with Gasteiger partial charge in [-0.2, -0.15) is 5.10 Å². The highest BCUT2D eigenvalue weighted by molar-refractivity contribution is 5.23. The summed E-state index contributed by atoms with van der Waals surface area (Å²) in [6, 6.07) is 0. The fraction of sp³-hybridized carbons (Fsp3) is 0.667. The monoisotopic (exact) mass is 165 g/mol. The maximum absolute atomic E-state index is 5.77. The van der Waals surface area contributed by atoms with Crippen molar-refractivity contribution >= 4 is 0 Å². The first-order valence-electron chi connectivity index (χ1n) is 4.46. The molecule has 12 heavy (non-hydrogen) atoms. The van der Waals surface area contributed by atoms with Crippen LogP contribution in [0.5, 0.6) is 0 Å². The van der Waals surface area contributed by atoms with E-state index >= 15 is 0 Å². The van der Waals surface area contributed by atoms with E-state index in [4.69, 9.17) is 5.73 Å². The highest BCUT2D eigenvalue weighted by Gasteiger charge is 2.38. The fourth-order valence-electron chi connectivity index (χ4n) is 1.91. The molecular weight excluding hydrogens is 150 g/mol. The molecule has 1 fully saturated rings. The van der Waals surface area contributed by atoms with Crippen molar-refractivity contribution in [3.63, 3.8) is 0 Å². The molecule has 2 rings (SSSR count). The minimum absolute atomic E-state index is 0.272. The van der Waals surface area contributed by atoms with Crippen molar-refractivity contribution in [3.05, 3.63) is 18.0 Å². The lowest BCUT2D eigenvalue weighted by Gasteiger charge is -2.40. The summed E-state index contributed by atoms with van der Waals surface area (Å²) in [6.45, 7) is 0.763. The standard InChI is InChI=1S/C9H15N3/c1-12-6-8(5-11-12)9(7-10)3-2-4-9/h5-6H,2-4,7,10H2,1H3. The predicted octanol–water partition coefficient (Wildman–Crippen LogP) is 0.800. The molecule has 1 aromatic heterocycles. The van der Waals surface area contributed by atoms with Gasteiger partial charge in [-0.1, -0.05) is 6.42 Å². The molecule has 1 heterocycles. The van der Waals surface area contributed by atoms with Gasteiger partial charge in [-0.3, -0.25) is 4.68 Å². The van der Waals surface area contributed by atoms with Crippen molar-refractivity contribution in [2.45, 2.75) is 24.7 Å². The molecule has 0 atom stereocenters. The Morgan fingerprint density at radius 3 is 2.75 bits per heavy atom. The molecule has 1 aliphatic carbocycles. The van der Waals surface area contributed by atoms with Crippen molar-refractivity contribution in [1.82, 2.24) is 9.78 Å². The van der Waals surface area contributed by atoms with Gasteiger partial charge in [-0.05, 0) is 18.4 Å². The molecule has 3 heteroatoms. The molecule has 0 aliphatic heterocycles. The maximum Gasteiger partial charge on any atom is 0.0527 e. The third-order valence-corrected chi connectivity index (χ3v) is 3.02. The quantitative estimate of drug-likeness (QED) is 0.704. The molecule has 66 valence electrons. The lowest BCUT2D eigenvalue weighted by atomic mass is 9.65. The van der Waals surface area contributed by atoms with Gasteiger partial charge in [0.05, 0.1) is 6.20 Å². The SMILES string of the molecule is Cn1cc(C2(CN)CCC2)cn1. The van der Waals surface area contributed by atoms with Gasteiger partial charge >= 0.3 is 0 Å².